The molecule has 3 rings (SSSR count). The van der Waals surface area contributed by atoms with E-state index >= 15 is 0 Å². The Morgan fingerprint density at radius 1 is 1.04 bits per heavy atom. The van der Waals surface area contributed by atoms with Gasteiger partial charge >= 0.3 is 5.97 Å². The lowest BCUT2D eigenvalue weighted by molar-refractivity contribution is -0.129. The summed E-state index contributed by atoms with van der Waals surface area (Å²) >= 11 is 0. The lowest BCUT2D eigenvalue weighted by Gasteiger charge is -2.16. The van der Waals surface area contributed by atoms with Crippen LogP contribution in [0.25, 0.3) is 5.69 Å². The minimum absolute atomic E-state index is 0.0427. The number of rotatable bonds is 7. The van der Waals surface area contributed by atoms with Crippen LogP contribution < -0.4 is 5.32 Å². The van der Waals surface area contributed by atoms with Gasteiger partial charge in [0.1, 0.15) is 0 Å². The molecule has 1 aromatic heterocycles. The molecule has 0 aliphatic carbocycles. The van der Waals surface area contributed by atoms with Crippen LogP contribution in [-0.4, -0.2) is 39.5 Å². The van der Waals surface area contributed by atoms with Crippen LogP contribution in [0.3, 0.4) is 0 Å². The molecular weight excluding hydrogens is 356 g/mol. The molecule has 2 atom stereocenters. The summed E-state index contributed by atoms with van der Waals surface area (Å²) in [5, 5.41) is 11.0. The van der Waals surface area contributed by atoms with E-state index in [1.807, 2.05) is 67.6 Å². The van der Waals surface area contributed by atoms with E-state index in [1.54, 1.807) is 0 Å². The van der Waals surface area contributed by atoms with Crippen molar-refractivity contribution in [1.29, 1.82) is 0 Å². The number of hydrogen-bond acceptors (Lipinski definition) is 5. The van der Waals surface area contributed by atoms with Gasteiger partial charge in [-0.05, 0) is 30.5 Å². The second-order valence-corrected chi connectivity index (χ2v) is 6.46. The third kappa shape index (κ3) is 4.82. The summed E-state index contributed by atoms with van der Waals surface area (Å²) in [5.74, 6) is -0.897. The molecule has 0 radical (unpaired) electrons. The highest BCUT2D eigenvalue weighted by Crippen LogP contribution is 2.13. The van der Waals surface area contributed by atoms with E-state index in [9.17, 15) is 9.59 Å². The Balaban J connectivity index is 1.52. The SMILES string of the molecule is C[C@H](OC(=O)c1cnn(-c2ccccc2)n1)C(=O)NC[C@H](C)c1ccccc1. The molecular formula is C21H22N4O3. The average molecular weight is 378 g/mol. The van der Waals surface area contributed by atoms with Crippen molar-refractivity contribution >= 4 is 11.9 Å². The van der Waals surface area contributed by atoms with Gasteiger partial charge in [0.05, 0.1) is 11.9 Å². The zero-order valence-electron chi connectivity index (χ0n) is 15.8. The van der Waals surface area contributed by atoms with Crippen molar-refractivity contribution < 1.29 is 14.3 Å². The Morgan fingerprint density at radius 2 is 1.68 bits per heavy atom. The van der Waals surface area contributed by atoms with Crippen LogP contribution in [0.4, 0.5) is 0 Å². The van der Waals surface area contributed by atoms with Crippen molar-refractivity contribution in [3.63, 3.8) is 0 Å². The first-order chi connectivity index (χ1) is 13.5. The van der Waals surface area contributed by atoms with Crippen LogP contribution in [-0.2, 0) is 9.53 Å². The van der Waals surface area contributed by atoms with Crippen LogP contribution in [0.15, 0.2) is 66.9 Å². The smallest absolute Gasteiger partial charge is 0.361 e. The number of aromatic nitrogens is 3. The van der Waals surface area contributed by atoms with Gasteiger partial charge < -0.3 is 10.1 Å². The van der Waals surface area contributed by atoms with E-state index in [2.05, 4.69) is 15.5 Å². The molecule has 0 bridgehead atoms. The largest absolute Gasteiger partial charge is 0.448 e. The zero-order chi connectivity index (χ0) is 19.9. The number of carbonyl (C=O) groups excluding carboxylic acids is 2. The van der Waals surface area contributed by atoms with E-state index < -0.39 is 12.1 Å². The predicted octanol–water partition coefficient (Wildman–Crippen LogP) is 2.73. The minimum Gasteiger partial charge on any atom is -0.448 e. The van der Waals surface area contributed by atoms with Crippen molar-refractivity contribution in [3.05, 3.63) is 78.1 Å². The Bertz CT molecular complexity index is 925. The monoisotopic (exact) mass is 378 g/mol. The maximum Gasteiger partial charge on any atom is 0.361 e. The first kappa shape index (κ1) is 19.3. The number of benzene rings is 2. The summed E-state index contributed by atoms with van der Waals surface area (Å²) in [6.07, 6.45) is 0.384. The number of ether oxygens (including phenoxy) is 1. The molecule has 0 fully saturated rings. The van der Waals surface area contributed by atoms with Crippen LogP contribution in [0.2, 0.25) is 0 Å². The maximum absolute atomic E-state index is 12.2. The topological polar surface area (TPSA) is 86.1 Å². The van der Waals surface area contributed by atoms with Gasteiger partial charge in [-0.25, -0.2) is 4.79 Å². The molecule has 0 saturated carbocycles. The van der Waals surface area contributed by atoms with Gasteiger partial charge in [0.25, 0.3) is 5.91 Å². The van der Waals surface area contributed by atoms with Gasteiger partial charge in [-0.15, -0.1) is 5.10 Å². The van der Waals surface area contributed by atoms with Gasteiger partial charge in [0.2, 0.25) is 0 Å². The van der Waals surface area contributed by atoms with Crippen molar-refractivity contribution in [2.75, 3.05) is 6.54 Å². The van der Waals surface area contributed by atoms with E-state index in [0.29, 0.717) is 6.54 Å². The number of para-hydroxylation sites is 1. The van der Waals surface area contributed by atoms with Crippen molar-refractivity contribution in [2.45, 2.75) is 25.9 Å². The van der Waals surface area contributed by atoms with E-state index in [1.165, 1.54) is 17.9 Å². The number of nitrogens with zero attached hydrogens (tertiary/aromatic N) is 3. The van der Waals surface area contributed by atoms with Crippen molar-refractivity contribution in [2.24, 2.45) is 0 Å². The molecule has 144 valence electrons. The highest BCUT2D eigenvalue weighted by Gasteiger charge is 2.21. The molecule has 3 aromatic rings. The second kappa shape index (κ2) is 8.94. The third-order valence-electron chi connectivity index (χ3n) is 4.29. The number of carbonyl (C=O) groups is 2. The summed E-state index contributed by atoms with van der Waals surface area (Å²) in [6.45, 7) is 4.01. The van der Waals surface area contributed by atoms with Crippen molar-refractivity contribution in [3.8, 4) is 5.69 Å². The molecule has 7 nitrogen and oxygen atoms in total. The summed E-state index contributed by atoms with van der Waals surface area (Å²) in [6, 6.07) is 19.1. The van der Waals surface area contributed by atoms with Gasteiger partial charge in [0.15, 0.2) is 11.8 Å². The summed E-state index contributed by atoms with van der Waals surface area (Å²) in [5.41, 5.74) is 1.90. The molecule has 2 aromatic carbocycles. The predicted molar refractivity (Wildman–Crippen MR) is 104 cm³/mol. The molecule has 0 spiro atoms. The van der Waals surface area contributed by atoms with Gasteiger partial charge in [-0.3, -0.25) is 4.79 Å². The van der Waals surface area contributed by atoms with Gasteiger partial charge in [0, 0.05) is 6.54 Å². The molecule has 0 saturated heterocycles. The number of esters is 1. The molecule has 1 N–H and O–H groups in total. The number of amides is 1. The Labute approximate surface area is 163 Å². The quantitative estimate of drug-likeness (QED) is 0.639. The molecule has 1 amide bonds. The van der Waals surface area contributed by atoms with E-state index in [0.717, 1.165) is 11.3 Å². The zero-order valence-corrected chi connectivity index (χ0v) is 15.8. The molecule has 0 aliphatic rings. The maximum atomic E-state index is 12.2. The average Bonchev–Trinajstić information content (AvgIpc) is 3.23. The fraction of sp³-hybridized carbons (Fsp3) is 0.238. The van der Waals surface area contributed by atoms with Crippen LogP contribution in [0.1, 0.15) is 35.8 Å². The van der Waals surface area contributed by atoms with Crippen LogP contribution in [0, 0.1) is 0 Å². The lowest BCUT2D eigenvalue weighted by atomic mass is 10.0. The van der Waals surface area contributed by atoms with Crippen LogP contribution >= 0.6 is 0 Å². The summed E-state index contributed by atoms with van der Waals surface area (Å²) in [7, 11) is 0. The molecule has 0 aliphatic heterocycles. The van der Waals surface area contributed by atoms with E-state index in [4.69, 9.17) is 4.74 Å². The Morgan fingerprint density at radius 3 is 2.36 bits per heavy atom. The number of nitrogens with one attached hydrogen (secondary N) is 1. The standard InChI is InChI=1S/C21H22N4O3/c1-15(17-9-5-3-6-10-17)13-22-20(26)16(2)28-21(27)19-14-23-25(24-19)18-11-7-4-8-12-18/h3-12,14-16H,13H2,1-2H3,(H,22,26)/t15-,16-/m0/s1. The highest BCUT2D eigenvalue weighted by molar-refractivity contribution is 5.90. The third-order valence-corrected chi connectivity index (χ3v) is 4.29. The first-order valence-electron chi connectivity index (χ1n) is 9.06. The summed E-state index contributed by atoms with van der Waals surface area (Å²) in [4.78, 5) is 25.8. The van der Waals surface area contributed by atoms with Crippen LogP contribution in [0.5, 0.6) is 0 Å². The van der Waals surface area contributed by atoms with E-state index in [-0.39, 0.29) is 17.5 Å². The molecule has 1 heterocycles. The molecule has 7 heteroatoms. The Hall–Kier alpha value is -3.48. The number of hydrogen-bond donors (Lipinski definition) is 1. The Kier molecular flexibility index (Phi) is 6.16. The fourth-order valence-corrected chi connectivity index (χ4v) is 2.61. The lowest BCUT2D eigenvalue weighted by Crippen LogP contribution is -2.37. The normalized spacial score (nSPS) is 12.8. The van der Waals surface area contributed by atoms with Gasteiger partial charge in [-0.2, -0.15) is 9.90 Å². The van der Waals surface area contributed by atoms with Crippen molar-refractivity contribution in [1.82, 2.24) is 20.3 Å². The van der Waals surface area contributed by atoms with Gasteiger partial charge in [-0.1, -0.05) is 55.5 Å². The highest BCUT2D eigenvalue weighted by atomic mass is 16.5. The second-order valence-electron chi connectivity index (χ2n) is 6.46. The molecule has 0 unspecified atom stereocenters. The fourth-order valence-electron chi connectivity index (χ4n) is 2.61. The molecule has 28 heavy (non-hydrogen) atoms. The minimum atomic E-state index is -0.933. The first-order valence-corrected chi connectivity index (χ1v) is 9.06. The summed E-state index contributed by atoms with van der Waals surface area (Å²) < 4.78 is 5.22.